The van der Waals surface area contributed by atoms with Gasteiger partial charge in [0, 0.05) is 37.3 Å². The number of methoxy groups -OCH3 is 1. The second-order valence-corrected chi connectivity index (χ2v) is 4.94. The summed E-state index contributed by atoms with van der Waals surface area (Å²) in [7, 11) is 1.73. The van der Waals surface area contributed by atoms with Crippen LogP contribution in [0.1, 0.15) is 31.7 Å². The molecular formula is C12H23N3OS. The molecule has 17 heavy (non-hydrogen) atoms. The quantitative estimate of drug-likeness (QED) is 0.775. The Hall–Kier alpha value is -0.650. The zero-order valence-electron chi connectivity index (χ0n) is 11.2. The molecule has 1 aromatic heterocycles. The van der Waals surface area contributed by atoms with E-state index in [1.807, 2.05) is 6.20 Å². The normalized spacial score (nSPS) is 12.7. The zero-order valence-corrected chi connectivity index (χ0v) is 12.0. The lowest BCUT2D eigenvalue weighted by molar-refractivity contribution is 0.205. The van der Waals surface area contributed by atoms with Crippen molar-refractivity contribution >= 4 is 16.5 Å². The number of hydrogen-bond acceptors (Lipinski definition) is 5. The maximum Gasteiger partial charge on any atom is 0.185 e. The van der Waals surface area contributed by atoms with E-state index >= 15 is 0 Å². The Bertz CT molecular complexity index is 316. The SMILES string of the molecule is CCNC(C)c1cnc(N(CC)CCOC)s1. The summed E-state index contributed by atoms with van der Waals surface area (Å²) in [5.74, 6) is 0. The van der Waals surface area contributed by atoms with Gasteiger partial charge in [-0.1, -0.05) is 6.92 Å². The van der Waals surface area contributed by atoms with Crippen molar-refractivity contribution in [1.29, 1.82) is 0 Å². The van der Waals surface area contributed by atoms with Crippen LogP contribution in [-0.2, 0) is 4.74 Å². The largest absolute Gasteiger partial charge is 0.383 e. The van der Waals surface area contributed by atoms with E-state index in [-0.39, 0.29) is 0 Å². The summed E-state index contributed by atoms with van der Waals surface area (Å²) in [6.07, 6.45) is 1.97. The molecule has 0 aromatic carbocycles. The first kappa shape index (κ1) is 14.4. The third-order valence-corrected chi connectivity index (χ3v) is 3.91. The van der Waals surface area contributed by atoms with E-state index in [0.29, 0.717) is 6.04 Å². The van der Waals surface area contributed by atoms with Gasteiger partial charge in [-0.25, -0.2) is 4.98 Å². The molecule has 1 N–H and O–H groups in total. The molecule has 0 radical (unpaired) electrons. The van der Waals surface area contributed by atoms with Gasteiger partial charge in [-0.3, -0.25) is 0 Å². The molecule has 0 spiro atoms. The van der Waals surface area contributed by atoms with Gasteiger partial charge in [0.2, 0.25) is 0 Å². The van der Waals surface area contributed by atoms with Crippen molar-refractivity contribution < 1.29 is 4.74 Å². The molecule has 0 aliphatic rings. The van der Waals surface area contributed by atoms with Crippen LogP contribution in [-0.4, -0.2) is 38.3 Å². The van der Waals surface area contributed by atoms with Gasteiger partial charge in [0.05, 0.1) is 6.61 Å². The lowest BCUT2D eigenvalue weighted by Gasteiger charge is -2.19. The number of likely N-dealkylation sites (N-methyl/N-ethyl adjacent to an activating group) is 1. The Labute approximate surface area is 108 Å². The van der Waals surface area contributed by atoms with Crippen LogP contribution in [0.2, 0.25) is 0 Å². The average Bonchev–Trinajstić information content (AvgIpc) is 2.80. The van der Waals surface area contributed by atoms with Gasteiger partial charge < -0.3 is 15.0 Å². The minimum absolute atomic E-state index is 0.382. The highest BCUT2D eigenvalue weighted by Gasteiger charge is 2.12. The van der Waals surface area contributed by atoms with Gasteiger partial charge in [0.25, 0.3) is 0 Å². The predicted molar refractivity (Wildman–Crippen MR) is 74.0 cm³/mol. The first-order chi connectivity index (χ1) is 8.22. The Balaban J connectivity index is 2.64. The number of thiazole rings is 1. The minimum Gasteiger partial charge on any atom is -0.383 e. The van der Waals surface area contributed by atoms with E-state index in [4.69, 9.17) is 4.74 Å². The van der Waals surface area contributed by atoms with Gasteiger partial charge in [-0.2, -0.15) is 0 Å². The van der Waals surface area contributed by atoms with E-state index < -0.39 is 0 Å². The highest BCUT2D eigenvalue weighted by Crippen LogP contribution is 2.26. The van der Waals surface area contributed by atoms with Crippen molar-refractivity contribution in [3.05, 3.63) is 11.1 Å². The molecule has 0 saturated heterocycles. The van der Waals surface area contributed by atoms with Gasteiger partial charge in [0.1, 0.15) is 0 Å². The van der Waals surface area contributed by atoms with Crippen LogP contribution in [0.3, 0.4) is 0 Å². The molecule has 0 bridgehead atoms. The standard InChI is InChI=1S/C12H23N3OS/c1-5-13-10(3)11-9-14-12(17-11)15(6-2)7-8-16-4/h9-10,13H,5-8H2,1-4H3. The molecule has 98 valence electrons. The monoisotopic (exact) mass is 257 g/mol. The van der Waals surface area contributed by atoms with Crippen molar-refractivity contribution in [3.63, 3.8) is 0 Å². The van der Waals surface area contributed by atoms with Crippen molar-refractivity contribution in [2.24, 2.45) is 0 Å². The molecule has 1 rings (SSSR count). The molecule has 0 aliphatic heterocycles. The maximum atomic E-state index is 5.11. The average molecular weight is 257 g/mol. The molecule has 0 amide bonds. The van der Waals surface area contributed by atoms with Crippen LogP contribution in [0.15, 0.2) is 6.20 Å². The zero-order chi connectivity index (χ0) is 12.7. The summed E-state index contributed by atoms with van der Waals surface area (Å²) in [5, 5.41) is 4.49. The summed E-state index contributed by atoms with van der Waals surface area (Å²) in [5.41, 5.74) is 0. The lowest BCUT2D eigenvalue weighted by Crippen LogP contribution is -2.26. The number of aromatic nitrogens is 1. The van der Waals surface area contributed by atoms with Crippen LogP contribution in [0, 0.1) is 0 Å². The summed E-state index contributed by atoms with van der Waals surface area (Å²) in [6.45, 7) is 10.0. The van der Waals surface area contributed by atoms with Gasteiger partial charge >= 0.3 is 0 Å². The third kappa shape index (κ3) is 4.26. The number of hydrogen-bond donors (Lipinski definition) is 1. The van der Waals surface area contributed by atoms with Crippen LogP contribution in [0.4, 0.5) is 5.13 Å². The summed E-state index contributed by atoms with van der Waals surface area (Å²) in [6, 6.07) is 0.382. The molecule has 1 heterocycles. The van der Waals surface area contributed by atoms with E-state index in [2.05, 4.69) is 36.0 Å². The summed E-state index contributed by atoms with van der Waals surface area (Å²) in [4.78, 5) is 8.03. The molecule has 0 saturated carbocycles. The first-order valence-corrected chi connectivity index (χ1v) is 6.97. The molecule has 1 aromatic rings. The lowest BCUT2D eigenvalue weighted by atomic mass is 10.3. The van der Waals surface area contributed by atoms with Crippen molar-refractivity contribution in [3.8, 4) is 0 Å². The molecule has 1 unspecified atom stereocenters. The fourth-order valence-electron chi connectivity index (χ4n) is 1.62. The second kappa shape index (κ2) is 7.63. The van der Waals surface area contributed by atoms with Crippen molar-refractivity contribution in [2.45, 2.75) is 26.8 Å². The fraction of sp³-hybridized carbons (Fsp3) is 0.750. The van der Waals surface area contributed by atoms with Crippen LogP contribution in [0.5, 0.6) is 0 Å². The van der Waals surface area contributed by atoms with Crippen molar-refractivity contribution in [2.75, 3.05) is 38.3 Å². The van der Waals surface area contributed by atoms with E-state index in [1.165, 1.54) is 4.88 Å². The maximum absolute atomic E-state index is 5.11. The topological polar surface area (TPSA) is 37.4 Å². The molecule has 0 aliphatic carbocycles. The first-order valence-electron chi connectivity index (χ1n) is 6.15. The molecule has 5 heteroatoms. The summed E-state index contributed by atoms with van der Waals surface area (Å²) >= 11 is 1.76. The molecular weight excluding hydrogens is 234 g/mol. The molecule has 0 fully saturated rings. The minimum atomic E-state index is 0.382. The van der Waals surface area contributed by atoms with Crippen LogP contribution < -0.4 is 10.2 Å². The van der Waals surface area contributed by atoms with Gasteiger partial charge in [-0.15, -0.1) is 11.3 Å². The smallest absolute Gasteiger partial charge is 0.185 e. The van der Waals surface area contributed by atoms with Gasteiger partial charge in [-0.05, 0) is 20.4 Å². The van der Waals surface area contributed by atoms with E-state index in [0.717, 1.165) is 31.4 Å². The Morgan fingerprint density at radius 2 is 2.29 bits per heavy atom. The van der Waals surface area contributed by atoms with E-state index in [1.54, 1.807) is 18.4 Å². The number of nitrogens with one attached hydrogen (secondary N) is 1. The van der Waals surface area contributed by atoms with Gasteiger partial charge in [0.15, 0.2) is 5.13 Å². The molecule has 1 atom stereocenters. The fourth-order valence-corrected chi connectivity index (χ4v) is 2.65. The molecule has 4 nitrogen and oxygen atoms in total. The second-order valence-electron chi connectivity index (χ2n) is 3.90. The van der Waals surface area contributed by atoms with Crippen LogP contribution in [0.25, 0.3) is 0 Å². The number of anilines is 1. The summed E-state index contributed by atoms with van der Waals surface area (Å²) < 4.78 is 5.11. The third-order valence-electron chi connectivity index (χ3n) is 2.67. The number of nitrogens with zero attached hydrogens (tertiary/aromatic N) is 2. The highest BCUT2D eigenvalue weighted by molar-refractivity contribution is 7.15. The Morgan fingerprint density at radius 3 is 2.88 bits per heavy atom. The number of ether oxygens (including phenoxy) is 1. The number of rotatable bonds is 8. The Kier molecular flexibility index (Phi) is 6.47. The highest BCUT2D eigenvalue weighted by atomic mass is 32.1. The predicted octanol–water partition coefficient (Wildman–Crippen LogP) is 2.29. The van der Waals surface area contributed by atoms with Crippen LogP contribution >= 0.6 is 11.3 Å². The Morgan fingerprint density at radius 1 is 1.53 bits per heavy atom. The van der Waals surface area contributed by atoms with E-state index in [9.17, 15) is 0 Å². The van der Waals surface area contributed by atoms with Crippen molar-refractivity contribution in [1.82, 2.24) is 10.3 Å².